The topological polar surface area (TPSA) is 108 Å². The zero-order chi connectivity index (χ0) is 29.1. The first-order valence-corrected chi connectivity index (χ1v) is 14.6. The van der Waals surface area contributed by atoms with Gasteiger partial charge in [-0.25, -0.2) is 4.79 Å². The number of esters is 1. The Kier molecular flexibility index (Phi) is 11.5. The van der Waals surface area contributed by atoms with Crippen molar-refractivity contribution < 1.29 is 73.7 Å². The molecule has 0 aromatic heterocycles. The molecule has 8 heteroatoms. The van der Waals surface area contributed by atoms with Crippen LogP contribution in [-0.2, 0) is 14.3 Å². The molecular weight excluding hydrogens is 709 g/mol. The van der Waals surface area contributed by atoms with Crippen LogP contribution in [0.3, 0.4) is 0 Å². The van der Waals surface area contributed by atoms with Crippen molar-refractivity contribution in [2.75, 3.05) is 13.7 Å². The third kappa shape index (κ3) is 5.98. The molecule has 223 valence electrons. The number of aliphatic hydroxyl groups excluding tert-OH is 2. The SMILES string of the molecule is CNC(C)C(O)C(=O)OC1/C(C)=C(\C(C)(C)C)C(C)C(C)[C@]2(C)C(C)CC3OC[C@@]3(O)C2[C@H](C)C(O)[C@H]1C.[Ac]. The van der Waals surface area contributed by atoms with Gasteiger partial charge in [-0.15, -0.1) is 0 Å². The van der Waals surface area contributed by atoms with Crippen molar-refractivity contribution in [3.05, 3.63) is 11.1 Å². The van der Waals surface area contributed by atoms with E-state index >= 15 is 0 Å². The average molecular weight is 765 g/mol. The first-order valence-electron chi connectivity index (χ1n) is 14.6. The Morgan fingerprint density at radius 3 is 2.18 bits per heavy atom. The molecule has 1 saturated carbocycles. The molecule has 4 N–H and O–H groups in total. The molecule has 0 amide bonds. The second-order valence-electron chi connectivity index (χ2n) is 14.3. The Balaban J connectivity index is 0.00000533. The maximum absolute atomic E-state index is 13.1. The molecular formula is C31H55AcNO6. The van der Waals surface area contributed by atoms with Gasteiger partial charge in [-0.05, 0) is 67.4 Å². The molecule has 0 spiro atoms. The van der Waals surface area contributed by atoms with Crippen molar-refractivity contribution in [2.24, 2.45) is 46.3 Å². The van der Waals surface area contributed by atoms with E-state index in [1.165, 1.54) is 5.57 Å². The Bertz CT molecular complexity index is 919. The van der Waals surface area contributed by atoms with E-state index in [9.17, 15) is 20.1 Å². The van der Waals surface area contributed by atoms with Gasteiger partial charge in [0, 0.05) is 61.9 Å². The van der Waals surface area contributed by atoms with Gasteiger partial charge in [0.1, 0.15) is 11.7 Å². The van der Waals surface area contributed by atoms with Gasteiger partial charge in [0.15, 0.2) is 6.10 Å². The summed E-state index contributed by atoms with van der Waals surface area (Å²) in [4.78, 5) is 13.1. The van der Waals surface area contributed by atoms with Gasteiger partial charge in [0.25, 0.3) is 0 Å². The fourth-order valence-corrected chi connectivity index (χ4v) is 8.69. The number of nitrogens with one attached hydrogen (secondary N) is 1. The molecule has 7 nitrogen and oxygen atoms in total. The Hall–Kier alpha value is 0.452. The smallest absolute Gasteiger partial charge is 0.337 e. The minimum atomic E-state index is -1.32. The van der Waals surface area contributed by atoms with Crippen LogP contribution in [0.5, 0.6) is 0 Å². The molecule has 1 saturated heterocycles. The quantitative estimate of drug-likeness (QED) is 0.254. The zero-order valence-corrected chi connectivity index (χ0v) is 31.2. The molecule has 3 aliphatic rings. The maximum atomic E-state index is 13.1. The van der Waals surface area contributed by atoms with Gasteiger partial charge in [0.05, 0.1) is 18.8 Å². The third-order valence-corrected chi connectivity index (χ3v) is 11.3. The number of fused-ring (bicyclic) bond motifs is 3. The van der Waals surface area contributed by atoms with Crippen LogP contribution in [0.2, 0.25) is 0 Å². The Morgan fingerprint density at radius 1 is 1.15 bits per heavy atom. The number of allylic oxidation sites excluding steroid dienone is 1. The first-order chi connectivity index (χ1) is 17.3. The van der Waals surface area contributed by atoms with E-state index in [0.717, 1.165) is 12.0 Å². The van der Waals surface area contributed by atoms with E-state index in [-0.39, 0.29) is 97.2 Å². The van der Waals surface area contributed by atoms with Crippen molar-refractivity contribution in [3.63, 3.8) is 0 Å². The maximum Gasteiger partial charge on any atom is 0.337 e. The summed E-state index contributed by atoms with van der Waals surface area (Å²) < 4.78 is 12.0. The molecule has 0 bridgehead atoms. The van der Waals surface area contributed by atoms with Crippen LogP contribution >= 0.6 is 0 Å². The van der Waals surface area contributed by atoms with E-state index in [0.29, 0.717) is 0 Å². The minimum Gasteiger partial charge on any atom is -0.455 e. The van der Waals surface area contributed by atoms with Crippen molar-refractivity contribution in [2.45, 2.75) is 119 Å². The van der Waals surface area contributed by atoms with Crippen molar-refractivity contribution in [1.82, 2.24) is 5.32 Å². The fourth-order valence-electron chi connectivity index (χ4n) is 8.69. The predicted octanol–water partition coefficient (Wildman–Crippen LogP) is 3.94. The second-order valence-corrected chi connectivity index (χ2v) is 14.3. The van der Waals surface area contributed by atoms with Crippen LogP contribution in [0.15, 0.2) is 11.1 Å². The summed E-state index contributed by atoms with van der Waals surface area (Å²) in [5, 5.41) is 37.5. The molecule has 1 aliphatic heterocycles. The number of aliphatic hydroxyl groups is 3. The van der Waals surface area contributed by atoms with Crippen LogP contribution in [0.25, 0.3) is 0 Å². The number of ether oxygens (including phenoxy) is 2. The van der Waals surface area contributed by atoms with E-state index < -0.39 is 41.8 Å². The summed E-state index contributed by atoms with van der Waals surface area (Å²) in [5.41, 5.74) is 0.672. The molecule has 2 aliphatic carbocycles. The number of likely N-dealkylation sites (N-methyl/N-ethyl adjacent to an activating group) is 1. The number of rotatable bonds is 4. The molecule has 1 heterocycles. The van der Waals surface area contributed by atoms with Crippen LogP contribution in [0.4, 0.5) is 0 Å². The summed E-state index contributed by atoms with van der Waals surface area (Å²) in [7, 11) is 1.69. The van der Waals surface area contributed by atoms with E-state index in [2.05, 4.69) is 53.8 Å². The van der Waals surface area contributed by atoms with E-state index in [4.69, 9.17) is 9.47 Å². The first kappa shape index (κ1) is 35.6. The van der Waals surface area contributed by atoms with Gasteiger partial charge in [-0.1, -0.05) is 67.9 Å². The normalized spacial score (nSPS) is 46.5. The van der Waals surface area contributed by atoms with Gasteiger partial charge in [-0.3, -0.25) is 0 Å². The van der Waals surface area contributed by atoms with Crippen LogP contribution in [0, 0.1) is 90.4 Å². The van der Waals surface area contributed by atoms with Gasteiger partial charge in [0.2, 0.25) is 0 Å². The Labute approximate surface area is 272 Å². The predicted molar refractivity (Wildman–Crippen MR) is 149 cm³/mol. The molecule has 1 radical (unpaired) electrons. The van der Waals surface area contributed by atoms with Crippen molar-refractivity contribution >= 4 is 5.97 Å². The van der Waals surface area contributed by atoms with Crippen LogP contribution in [-0.4, -0.2) is 71.0 Å². The molecule has 0 aromatic carbocycles. The number of carbonyl (C=O) groups excluding carboxylic acids is 1. The van der Waals surface area contributed by atoms with E-state index in [1.807, 2.05) is 20.8 Å². The summed E-state index contributed by atoms with van der Waals surface area (Å²) in [5.74, 6) is -1.03. The van der Waals surface area contributed by atoms with E-state index in [1.54, 1.807) is 14.0 Å². The van der Waals surface area contributed by atoms with Crippen LogP contribution < -0.4 is 5.32 Å². The minimum absolute atomic E-state index is 0. The van der Waals surface area contributed by atoms with Crippen molar-refractivity contribution in [3.8, 4) is 0 Å². The standard InChI is InChI=1S/C31H55NO6.Ac/c1-15-13-22-31(36,14-37-22)27-19(5)24(33)18(4)26(38-28(35)25(34)21(7)32-12)17(3)23(29(8,9)10)16(2)20(6)30(15,27)11;/h15-16,18-22,24-27,32-34,36H,13-14H2,1-12H3;/b23-17-;/t15?,16?,18-,19-,20?,21?,22?,24?,25?,26?,27?,30+,31+;/m1./s1. The summed E-state index contributed by atoms with van der Waals surface area (Å²) in [6, 6.07) is -0.472. The average Bonchev–Trinajstić information content (AvgIpc) is 2.84. The van der Waals surface area contributed by atoms with Crippen molar-refractivity contribution in [1.29, 1.82) is 0 Å². The zero-order valence-electron chi connectivity index (χ0n) is 26.4. The number of carbonyl (C=O) groups is 1. The second kappa shape index (κ2) is 12.6. The molecule has 39 heavy (non-hydrogen) atoms. The monoisotopic (exact) mass is 764 g/mol. The largest absolute Gasteiger partial charge is 0.455 e. The van der Waals surface area contributed by atoms with Gasteiger partial charge < -0.3 is 30.1 Å². The van der Waals surface area contributed by atoms with Crippen LogP contribution in [0.1, 0.15) is 82.6 Å². The van der Waals surface area contributed by atoms with Gasteiger partial charge >= 0.3 is 5.97 Å². The summed E-state index contributed by atoms with van der Waals surface area (Å²) >= 11 is 0. The number of hydrogen-bond acceptors (Lipinski definition) is 7. The third-order valence-electron chi connectivity index (χ3n) is 11.3. The summed E-state index contributed by atoms with van der Waals surface area (Å²) in [6.45, 7) is 23.7. The van der Waals surface area contributed by atoms with Gasteiger partial charge in [-0.2, -0.15) is 0 Å². The molecule has 9 unspecified atom stereocenters. The summed E-state index contributed by atoms with van der Waals surface area (Å²) in [6.07, 6.45) is -2.30. The fraction of sp³-hybridized carbons (Fsp3) is 0.903. The molecule has 0 aromatic rings. The molecule has 13 atom stereocenters. The molecule has 3 rings (SSSR count). The number of hydrogen-bond donors (Lipinski definition) is 4. The molecule has 2 fully saturated rings. The Morgan fingerprint density at radius 2 is 1.72 bits per heavy atom.